The molecule has 1 saturated heterocycles. The van der Waals surface area contributed by atoms with Crippen LogP contribution in [0.15, 0.2) is 65.6 Å². The molecule has 1 aliphatic carbocycles. The number of carbonyl (C=O) groups excluding carboxylic acids is 1. The highest BCUT2D eigenvalue weighted by Crippen LogP contribution is 2.37. The van der Waals surface area contributed by atoms with Gasteiger partial charge in [-0.2, -0.15) is 10.4 Å². The van der Waals surface area contributed by atoms with Crippen molar-refractivity contribution < 1.29 is 4.79 Å². The number of H-pyrrole nitrogens is 1. The number of amides is 1. The highest BCUT2D eigenvalue weighted by atomic mass is 16.2. The molecule has 9 heteroatoms. The van der Waals surface area contributed by atoms with Gasteiger partial charge in [0.05, 0.1) is 35.1 Å². The van der Waals surface area contributed by atoms with Crippen LogP contribution in [0, 0.1) is 11.3 Å². The number of rotatable bonds is 3. The largest absolute Gasteiger partial charge is 0.331 e. The molecule has 6 rings (SSSR count). The molecule has 1 unspecified atom stereocenters. The highest BCUT2D eigenvalue weighted by molar-refractivity contribution is 6.03. The summed E-state index contributed by atoms with van der Waals surface area (Å²) in [6.07, 6.45) is 9.10. The van der Waals surface area contributed by atoms with Crippen LogP contribution in [-0.2, 0) is 4.79 Å². The maximum absolute atomic E-state index is 13.7. The van der Waals surface area contributed by atoms with Gasteiger partial charge in [0.15, 0.2) is 0 Å². The van der Waals surface area contributed by atoms with E-state index in [-0.39, 0.29) is 18.1 Å². The Morgan fingerprint density at radius 1 is 1.11 bits per heavy atom. The summed E-state index contributed by atoms with van der Waals surface area (Å²) >= 11 is 0. The Kier molecular flexibility index (Phi) is 5.66. The van der Waals surface area contributed by atoms with Crippen LogP contribution in [0.2, 0.25) is 0 Å². The number of aromatic amines is 1. The Labute approximate surface area is 209 Å². The lowest BCUT2D eigenvalue weighted by Crippen LogP contribution is -2.64. The minimum atomic E-state index is -0.323. The van der Waals surface area contributed by atoms with Crippen LogP contribution in [-0.4, -0.2) is 45.2 Å². The molecule has 0 spiro atoms. The van der Waals surface area contributed by atoms with Gasteiger partial charge >= 0.3 is 0 Å². The number of fused-ring (bicyclic) bond motifs is 2. The number of nitrogens with one attached hydrogen (secondary N) is 3. The van der Waals surface area contributed by atoms with Crippen LogP contribution >= 0.6 is 0 Å². The molecule has 2 fully saturated rings. The van der Waals surface area contributed by atoms with Crippen molar-refractivity contribution in [2.45, 2.75) is 57.3 Å². The number of hydrogen-bond acceptors (Lipinski definition) is 7. The molecule has 1 aromatic heterocycles. The quantitative estimate of drug-likeness (QED) is 0.522. The third-order valence-electron chi connectivity index (χ3n) is 7.39. The molecule has 9 nitrogen and oxygen atoms in total. The number of aliphatic imine (C=N–C) groups is 1. The summed E-state index contributed by atoms with van der Waals surface area (Å²) in [4.78, 5) is 22.9. The molecule has 0 radical (unpaired) electrons. The van der Waals surface area contributed by atoms with E-state index < -0.39 is 0 Å². The van der Waals surface area contributed by atoms with E-state index in [2.05, 4.69) is 31.8 Å². The van der Waals surface area contributed by atoms with Crippen LogP contribution in [0.3, 0.4) is 0 Å². The highest BCUT2D eigenvalue weighted by Gasteiger charge is 2.46. The zero-order valence-electron chi connectivity index (χ0n) is 20.1. The van der Waals surface area contributed by atoms with Crippen LogP contribution in [0.25, 0.3) is 10.9 Å². The first kappa shape index (κ1) is 22.3. The Hall–Kier alpha value is -4.16. The molecule has 3 heterocycles. The van der Waals surface area contributed by atoms with Gasteiger partial charge in [0, 0.05) is 29.0 Å². The van der Waals surface area contributed by atoms with E-state index in [1.165, 1.54) is 19.3 Å². The monoisotopic (exact) mass is 480 g/mol. The first-order valence-corrected chi connectivity index (χ1v) is 12.5. The van der Waals surface area contributed by atoms with E-state index in [9.17, 15) is 10.1 Å². The zero-order valence-corrected chi connectivity index (χ0v) is 20.1. The minimum absolute atomic E-state index is 0.0200. The van der Waals surface area contributed by atoms with Crippen molar-refractivity contribution in [3.05, 3.63) is 66.1 Å². The lowest BCUT2D eigenvalue weighted by Gasteiger charge is -2.49. The van der Waals surface area contributed by atoms with E-state index >= 15 is 0 Å². The predicted octanol–water partition coefficient (Wildman–Crippen LogP) is 4.04. The molecule has 36 heavy (non-hydrogen) atoms. The van der Waals surface area contributed by atoms with E-state index in [0.717, 1.165) is 40.8 Å². The lowest BCUT2D eigenvalue weighted by atomic mass is 9.91. The number of piperazine rings is 1. The summed E-state index contributed by atoms with van der Waals surface area (Å²) in [7, 11) is 0. The van der Waals surface area contributed by atoms with Crippen molar-refractivity contribution in [3.63, 3.8) is 0 Å². The molecule has 3 aliphatic rings. The minimum Gasteiger partial charge on any atom is -0.331 e. The van der Waals surface area contributed by atoms with Gasteiger partial charge in [0.2, 0.25) is 11.9 Å². The maximum Gasteiger partial charge on any atom is 0.248 e. The van der Waals surface area contributed by atoms with E-state index in [1.54, 1.807) is 23.2 Å². The molecular formula is C27H28N8O. The van der Waals surface area contributed by atoms with Gasteiger partial charge in [-0.05, 0) is 62.2 Å². The third-order valence-corrected chi connectivity index (χ3v) is 7.39. The van der Waals surface area contributed by atoms with Gasteiger partial charge in [0.1, 0.15) is 6.17 Å². The molecule has 2 aliphatic heterocycles. The average molecular weight is 481 g/mol. The van der Waals surface area contributed by atoms with Crippen molar-refractivity contribution in [1.82, 2.24) is 20.4 Å². The van der Waals surface area contributed by atoms with Crippen LogP contribution in [0.5, 0.6) is 0 Å². The average Bonchev–Trinajstić information content (AvgIpc) is 3.38. The summed E-state index contributed by atoms with van der Waals surface area (Å²) < 4.78 is 0. The SMILES string of the molecule is C[C@@H]1C(=O)N(c2ccc(C#N)cc2)C2=CNC(Nc3ccc4[nH]ncc4c3)=NC2N1C1CCCCC1. The van der Waals surface area contributed by atoms with Gasteiger partial charge in [-0.1, -0.05) is 19.3 Å². The Morgan fingerprint density at radius 2 is 1.92 bits per heavy atom. The summed E-state index contributed by atoms with van der Waals surface area (Å²) in [5.74, 6) is 0.653. The van der Waals surface area contributed by atoms with Crippen molar-refractivity contribution >= 4 is 34.1 Å². The normalized spacial score (nSPS) is 22.9. The second-order valence-electron chi connectivity index (χ2n) is 9.61. The van der Waals surface area contributed by atoms with E-state index in [1.807, 2.05) is 43.5 Å². The Bertz CT molecular complexity index is 1390. The van der Waals surface area contributed by atoms with Crippen molar-refractivity contribution in [2.24, 2.45) is 4.99 Å². The Balaban J connectivity index is 1.36. The fourth-order valence-electron chi connectivity index (χ4n) is 5.58. The number of nitrogens with zero attached hydrogens (tertiary/aromatic N) is 5. The number of nitriles is 1. The van der Waals surface area contributed by atoms with Crippen molar-refractivity contribution in [3.8, 4) is 6.07 Å². The van der Waals surface area contributed by atoms with Gasteiger partial charge in [-0.15, -0.1) is 0 Å². The molecule has 2 atom stereocenters. The van der Waals surface area contributed by atoms with Gasteiger partial charge in [-0.25, -0.2) is 4.99 Å². The molecule has 0 bridgehead atoms. The second kappa shape index (κ2) is 9.13. The van der Waals surface area contributed by atoms with Gasteiger partial charge in [-0.3, -0.25) is 19.7 Å². The molecule has 1 saturated carbocycles. The van der Waals surface area contributed by atoms with Gasteiger partial charge in [0.25, 0.3) is 0 Å². The van der Waals surface area contributed by atoms with E-state index in [4.69, 9.17) is 4.99 Å². The molecule has 3 N–H and O–H groups in total. The standard InChI is InChI=1S/C27H28N8O/c1-17-26(36)35(22-10-7-18(14-28)8-11-22)24-16-29-27(31-20-9-12-23-19(13-20)15-30-33-23)32-25(24)34(17)21-5-3-2-4-6-21/h7-13,15-17,21,25H,2-6H2,1H3,(H,30,33)(H2,29,31,32)/t17-,25?/m1/s1. The number of guanidine groups is 1. The first-order chi connectivity index (χ1) is 17.6. The lowest BCUT2D eigenvalue weighted by molar-refractivity contribution is -0.127. The van der Waals surface area contributed by atoms with Crippen LogP contribution < -0.4 is 15.5 Å². The third kappa shape index (κ3) is 3.89. The maximum atomic E-state index is 13.7. The topological polar surface area (TPSA) is 112 Å². The molecule has 2 aromatic carbocycles. The smallest absolute Gasteiger partial charge is 0.248 e. The van der Waals surface area contributed by atoms with E-state index in [0.29, 0.717) is 17.6 Å². The summed E-state index contributed by atoms with van der Waals surface area (Å²) in [5, 5.41) is 24.0. The first-order valence-electron chi connectivity index (χ1n) is 12.5. The molecule has 1 amide bonds. The number of carbonyl (C=O) groups is 1. The Morgan fingerprint density at radius 3 is 2.69 bits per heavy atom. The zero-order chi connectivity index (χ0) is 24.6. The van der Waals surface area contributed by atoms with Crippen molar-refractivity contribution in [1.29, 1.82) is 5.26 Å². The number of hydrogen-bond donors (Lipinski definition) is 3. The summed E-state index contributed by atoms with van der Waals surface area (Å²) in [5.41, 5.74) is 3.97. The van der Waals surface area contributed by atoms with Gasteiger partial charge < -0.3 is 10.6 Å². The molecule has 3 aromatic rings. The summed E-state index contributed by atoms with van der Waals surface area (Å²) in [6, 6.07) is 15.3. The molecule has 182 valence electrons. The number of aromatic nitrogens is 2. The number of anilines is 2. The van der Waals surface area contributed by atoms with Crippen LogP contribution in [0.1, 0.15) is 44.6 Å². The molecular weight excluding hydrogens is 452 g/mol. The van der Waals surface area contributed by atoms with Crippen molar-refractivity contribution in [2.75, 3.05) is 10.2 Å². The number of benzene rings is 2. The second-order valence-corrected chi connectivity index (χ2v) is 9.61. The fourth-order valence-corrected chi connectivity index (χ4v) is 5.58. The predicted molar refractivity (Wildman–Crippen MR) is 139 cm³/mol. The fraction of sp³-hybridized carbons (Fsp3) is 0.333. The van der Waals surface area contributed by atoms with Crippen LogP contribution in [0.4, 0.5) is 11.4 Å². The summed E-state index contributed by atoms with van der Waals surface area (Å²) in [6.45, 7) is 1.99.